The maximum absolute atomic E-state index is 11.7. The number of carbonyl (C=O) groups excluding carboxylic acids is 2. The van der Waals surface area contributed by atoms with Crippen molar-refractivity contribution >= 4 is 23.5 Å². The minimum Gasteiger partial charge on any atom is -0.481 e. The number of hydrogen-bond donors (Lipinski definition) is 1. The number of likely N-dealkylation sites (N-methyl/N-ethyl adjacent to an activating group) is 1. The molecule has 2 amide bonds. The summed E-state index contributed by atoms with van der Waals surface area (Å²) in [6.45, 7) is 0.390. The van der Waals surface area contributed by atoms with Gasteiger partial charge in [0.1, 0.15) is 0 Å². The van der Waals surface area contributed by atoms with Crippen LogP contribution in [0.5, 0.6) is 0 Å². The summed E-state index contributed by atoms with van der Waals surface area (Å²) < 4.78 is 0. The molecule has 0 bridgehead atoms. The molecule has 0 atom stereocenters. The summed E-state index contributed by atoms with van der Waals surface area (Å²) in [6, 6.07) is 7.54. The van der Waals surface area contributed by atoms with Gasteiger partial charge >= 0.3 is 5.97 Å². The molecule has 1 aromatic rings. The van der Waals surface area contributed by atoms with Crippen LogP contribution >= 0.6 is 0 Å². The summed E-state index contributed by atoms with van der Waals surface area (Å²) in [6.07, 6.45) is 1.45. The Bertz CT molecular complexity index is 535. The number of carboxylic acid groups (broad SMARTS) is 1. The van der Waals surface area contributed by atoms with E-state index < -0.39 is 5.97 Å². The Morgan fingerprint density at radius 3 is 2.24 bits per heavy atom. The summed E-state index contributed by atoms with van der Waals surface area (Å²) in [7, 11) is 1.49. The largest absolute Gasteiger partial charge is 0.481 e. The number of aliphatic carboxylic acids is 1. The highest BCUT2D eigenvalue weighted by molar-refractivity contribution is 6.02. The van der Waals surface area contributed by atoms with Gasteiger partial charge in [-0.2, -0.15) is 0 Å². The number of hydrogen-bond acceptors (Lipinski definition) is 4. The van der Waals surface area contributed by atoms with E-state index in [4.69, 9.17) is 5.11 Å². The molecule has 1 fully saturated rings. The van der Waals surface area contributed by atoms with Crippen molar-refractivity contribution in [3.63, 3.8) is 0 Å². The number of piperazine rings is 1. The van der Waals surface area contributed by atoms with E-state index in [0.717, 1.165) is 16.2 Å². The Labute approximate surface area is 123 Å². The van der Waals surface area contributed by atoms with Crippen LogP contribution in [0.25, 0.3) is 0 Å². The van der Waals surface area contributed by atoms with Crippen LogP contribution in [0.3, 0.4) is 0 Å². The van der Waals surface area contributed by atoms with Gasteiger partial charge in [0.05, 0.1) is 13.1 Å². The molecule has 0 spiro atoms. The van der Waals surface area contributed by atoms with Crippen molar-refractivity contribution in [1.29, 1.82) is 0 Å². The number of imide groups is 1. The van der Waals surface area contributed by atoms with Gasteiger partial charge < -0.3 is 10.0 Å². The maximum Gasteiger partial charge on any atom is 0.303 e. The number of carboxylic acids is 1. The first kappa shape index (κ1) is 15.0. The Hall–Kier alpha value is -2.37. The SMILES string of the molecule is CN1C(=O)CN(c2ccc(CCCC(=O)O)cc2)CC1=O. The van der Waals surface area contributed by atoms with E-state index in [1.807, 2.05) is 24.3 Å². The molecular weight excluding hydrogens is 272 g/mol. The van der Waals surface area contributed by atoms with Crippen LogP contribution in [0, 0.1) is 0 Å². The zero-order chi connectivity index (χ0) is 15.4. The molecule has 21 heavy (non-hydrogen) atoms. The lowest BCUT2D eigenvalue weighted by molar-refractivity contribution is -0.143. The lowest BCUT2D eigenvalue weighted by Gasteiger charge is -2.32. The number of rotatable bonds is 5. The van der Waals surface area contributed by atoms with Gasteiger partial charge in [-0.15, -0.1) is 0 Å². The number of aryl methyl sites for hydroxylation is 1. The number of benzene rings is 1. The third-order valence-corrected chi connectivity index (χ3v) is 3.56. The first-order valence-corrected chi connectivity index (χ1v) is 6.82. The molecule has 1 saturated heterocycles. The zero-order valence-corrected chi connectivity index (χ0v) is 11.9. The highest BCUT2D eigenvalue weighted by atomic mass is 16.4. The minimum absolute atomic E-state index is 0.156. The van der Waals surface area contributed by atoms with E-state index in [0.29, 0.717) is 12.8 Å². The molecule has 0 radical (unpaired) electrons. The summed E-state index contributed by atoms with van der Waals surface area (Å²) >= 11 is 0. The highest BCUT2D eigenvalue weighted by Gasteiger charge is 2.27. The quantitative estimate of drug-likeness (QED) is 0.815. The molecule has 0 saturated carbocycles. The molecule has 112 valence electrons. The maximum atomic E-state index is 11.7. The van der Waals surface area contributed by atoms with Gasteiger partial charge in [-0.05, 0) is 30.5 Å². The fourth-order valence-electron chi connectivity index (χ4n) is 2.23. The van der Waals surface area contributed by atoms with Crippen molar-refractivity contribution in [3.05, 3.63) is 29.8 Å². The van der Waals surface area contributed by atoms with Crippen LogP contribution in [0.2, 0.25) is 0 Å². The van der Waals surface area contributed by atoms with Crippen LogP contribution in [-0.4, -0.2) is 47.9 Å². The molecule has 6 heteroatoms. The van der Waals surface area contributed by atoms with Gasteiger partial charge in [0.15, 0.2) is 0 Å². The van der Waals surface area contributed by atoms with Gasteiger partial charge in [0.25, 0.3) is 0 Å². The predicted octanol–water partition coefficient (Wildman–Crippen LogP) is 0.899. The van der Waals surface area contributed by atoms with Crippen LogP contribution in [0.15, 0.2) is 24.3 Å². The van der Waals surface area contributed by atoms with Crippen molar-refractivity contribution in [1.82, 2.24) is 4.90 Å². The third-order valence-electron chi connectivity index (χ3n) is 3.56. The van der Waals surface area contributed by atoms with Crippen LogP contribution in [0.1, 0.15) is 18.4 Å². The summed E-state index contributed by atoms with van der Waals surface area (Å²) in [5.41, 5.74) is 1.87. The molecular formula is C15H18N2O4. The Morgan fingerprint density at radius 1 is 1.14 bits per heavy atom. The van der Waals surface area contributed by atoms with Crippen LogP contribution in [-0.2, 0) is 20.8 Å². The number of nitrogens with zero attached hydrogens (tertiary/aromatic N) is 2. The smallest absolute Gasteiger partial charge is 0.303 e. The second-order valence-corrected chi connectivity index (χ2v) is 5.12. The lowest BCUT2D eigenvalue weighted by Crippen LogP contribution is -2.52. The standard InChI is InChI=1S/C15H18N2O4/c1-16-13(18)9-17(10-14(16)19)12-7-5-11(6-8-12)3-2-4-15(20)21/h5-8H,2-4,9-10H2,1H3,(H,20,21). The number of amides is 2. The third kappa shape index (κ3) is 3.81. The van der Waals surface area contributed by atoms with E-state index in [9.17, 15) is 14.4 Å². The van der Waals surface area contributed by atoms with Crippen molar-refractivity contribution in [3.8, 4) is 0 Å². The first-order chi connectivity index (χ1) is 9.97. The molecule has 0 aliphatic carbocycles. The van der Waals surface area contributed by atoms with Gasteiger partial charge in [-0.3, -0.25) is 19.3 Å². The molecule has 0 unspecified atom stereocenters. The van der Waals surface area contributed by atoms with Crippen LogP contribution in [0.4, 0.5) is 5.69 Å². The van der Waals surface area contributed by atoms with E-state index >= 15 is 0 Å². The van der Waals surface area contributed by atoms with Crippen molar-refractivity contribution < 1.29 is 19.5 Å². The van der Waals surface area contributed by atoms with Gasteiger partial charge in [0, 0.05) is 19.2 Å². The molecule has 1 aromatic carbocycles. The Balaban J connectivity index is 1.97. The fraction of sp³-hybridized carbons (Fsp3) is 0.400. The highest BCUT2D eigenvalue weighted by Crippen LogP contribution is 2.18. The summed E-state index contributed by atoms with van der Waals surface area (Å²) in [4.78, 5) is 36.7. The molecule has 2 rings (SSSR count). The van der Waals surface area contributed by atoms with Crippen molar-refractivity contribution in [2.45, 2.75) is 19.3 Å². The zero-order valence-electron chi connectivity index (χ0n) is 11.9. The van der Waals surface area contributed by atoms with Crippen molar-refractivity contribution in [2.75, 3.05) is 25.0 Å². The van der Waals surface area contributed by atoms with Gasteiger partial charge in [-0.1, -0.05) is 12.1 Å². The molecule has 0 aromatic heterocycles. The monoisotopic (exact) mass is 290 g/mol. The second kappa shape index (κ2) is 6.39. The normalized spacial score (nSPS) is 15.5. The van der Waals surface area contributed by atoms with Gasteiger partial charge in [0.2, 0.25) is 11.8 Å². The number of anilines is 1. The predicted molar refractivity (Wildman–Crippen MR) is 77.0 cm³/mol. The topological polar surface area (TPSA) is 77.9 Å². The Morgan fingerprint density at radius 2 is 1.71 bits per heavy atom. The van der Waals surface area contributed by atoms with Gasteiger partial charge in [-0.25, -0.2) is 0 Å². The molecule has 1 N–H and O–H groups in total. The molecule has 1 aliphatic rings. The second-order valence-electron chi connectivity index (χ2n) is 5.12. The average molecular weight is 290 g/mol. The minimum atomic E-state index is -0.791. The Kier molecular flexibility index (Phi) is 4.57. The lowest BCUT2D eigenvalue weighted by atomic mass is 10.1. The first-order valence-electron chi connectivity index (χ1n) is 6.82. The molecule has 6 nitrogen and oxygen atoms in total. The van der Waals surface area contributed by atoms with E-state index in [1.54, 1.807) is 4.90 Å². The van der Waals surface area contributed by atoms with E-state index in [1.165, 1.54) is 7.05 Å². The molecule has 1 aliphatic heterocycles. The van der Waals surface area contributed by atoms with Crippen molar-refractivity contribution in [2.24, 2.45) is 0 Å². The average Bonchev–Trinajstić information content (AvgIpc) is 2.44. The number of carbonyl (C=O) groups is 3. The summed E-state index contributed by atoms with van der Waals surface area (Å²) in [5.74, 6) is -1.21. The molecule has 1 heterocycles. The van der Waals surface area contributed by atoms with E-state index in [2.05, 4.69) is 0 Å². The summed E-state index contributed by atoms with van der Waals surface area (Å²) in [5, 5.41) is 8.60. The van der Waals surface area contributed by atoms with E-state index in [-0.39, 0.29) is 31.3 Å². The fourth-order valence-corrected chi connectivity index (χ4v) is 2.23. The van der Waals surface area contributed by atoms with Crippen LogP contribution < -0.4 is 4.90 Å².